The molecule has 0 amide bonds. The van der Waals surface area contributed by atoms with Crippen molar-refractivity contribution in [3.8, 4) is 17.0 Å². The normalized spacial score (nSPS) is 16.6. The first-order valence-electron chi connectivity index (χ1n) is 10.5. The molecule has 0 atom stereocenters. The van der Waals surface area contributed by atoms with E-state index < -0.39 is 0 Å². The first-order valence-corrected chi connectivity index (χ1v) is 10.5. The molecular weight excluding hydrogens is 392 g/mol. The molecule has 2 aliphatic rings. The summed E-state index contributed by atoms with van der Waals surface area (Å²) in [5.41, 5.74) is 10.7. The highest BCUT2D eigenvalue weighted by Crippen LogP contribution is 2.29. The Labute approximate surface area is 181 Å². The summed E-state index contributed by atoms with van der Waals surface area (Å²) in [7, 11) is 0. The molecule has 2 saturated heterocycles. The van der Waals surface area contributed by atoms with Crippen molar-refractivity contribution in [2.45, 2.75) is 6.10 Å². The second-order valence-electron chi connectivity index (χ2n) is 7.69. The van der Waals surface area contributed by atoms with Gasteiger partial charge in [0.15, 0.2) is 0 Å². The molecule has 0 saturated carbocycles. The van der Waals surface area contributed by atoms with Crippen molar-refractivity contribution in [2.75, 3.05) is 55.3 Å². The molecule has 2 aromatic carbocycles. The molecule has 0 spiro atoms. The third kappa shape index (κ3) is 4.55. The van der Waals surface area contributed by atoms with Crippen LogP contribution in [0.3, 0.4) is 0 Å². The summed E-state index contributed by atoms with van der Waals surface area (Å²) < 4.78 is 11.3. The Morgan fingerprint density at radius 1 is 1.06 bits per heavy atom. The molecule has 1 aromatic heterocycles. The van der Waals surface area contributed by atoms with Crippen molar-refractivity contribution in [1.82, 2.24) is 15.3 Å². The summed E-state index contributed by atoms with van der Waals surface area (Å²) in [6, 6.07) is 15.9. The third-order valence-corrected chi connectivity index (χ3v) is 5.50. The van der Waals surface area contributed by atoms with Crippen LogP contribution in [-0.4, -0.2) is 55.5 Å². The minimum atomic E-state index is 0.192. The molecule has 8 heteroatoms. The molecule has 160 valence electrons. The molecule has 2 aliphatic heterocycles. The Hall–Kier alpha value is -3.36. The Morgan fingerprint density at radius 2 is 1.87 bits per heavy atom. The maximum Gasteiger partial charge on any atom is 0.227 e. The second-order valence-corrected chi connectivity index (χ2v) is 7.69. The van der Waals surface area contributed by atoms with Gasteiger partial charge in [-0.2, -0.15) is 0 Å². The van der Waals surface area contributed by atoms with Crippen LogP contribution in [0.1, 0.15) is 0 Å². The summed E-state index contributed by atoms with van der Waals surface area (Å²) in [5.74, 6) is 1.25. The van der Waals surface area contributed by atoms with Gasteiger partial charge in [-0.25, -0.2) is 9.97 Å². The van der Waals surface area contributed by atoms with Gasteiger partial charge in [0, 0.05) is 49.3 Å². The Kier molecular flexibility index (Phi) is 5.56. The van der Waals surface area contributed by atoms with Gasteiger partial charge in [-0.1, -0.05) is 0 Å². The van der Waals surface area contributed by atoms with E-state index in [0.717, 1.165) is 56.3 Å². The van der Waals surface area contributed by atoms with E-state index in [4.69, 9.17) is 15.2 Å². The Balaban J connectivity index is 1.28. The number of morpholine rings is 1. The van der Waals surface area contributed by atoms with Crippen LogP contribution in [0.25, 0.3) is 11.3 Å². The number of anilines is 4. The SMILES string of the molecule is Nc1cc(-c2ccnc(Nc3ccc(N4CCOCC4)cc3)n2)ccc1OC1CNC1. The lowest BCUT2D eigenvalue weighted by molar-refractivity contribution is 0.122. The quantitative estimate of drug-likeness (QED) is 0.526. The van der Waals surface area contributed by atoms with Gasteiger partial charge >= 0.3 is 0 Å². The number of nitrogens with one attached hydrogen (secondary N) is 2. The fraction of sp³-hybridized carbons (Fsp3) is 0.304. The average Bonchev–Trinajstić information content (AvgIpc) is 2.78. The number of nitrogen functional groups attached to an aromatic ring is 1. The van der Waals surface area contributed by atoms with Crippen LogP contribution in [0.5, 0.6) is 5.75 Å². The molecule has 5 rings (SSSR count). The summed E-state index contributed by atoms with van der Waals surface area (Å²) in [5, 5.41) is 6.47. The van der Waals surface area contributed by atoms with E-state index in [1.807, 2.05) is 36.4 Å². The van der Waals surface area contributed by atoms with Crippen molar-refractivity contribution in [3.63, 3.8) is 0 Å². The Morgan fingerprint density at radius 3 is 2.58 bits per heavy atom. The van der Waals surface area contributed by atoms with Gasteiger partial charge in [0.1, 0.15) is 11.9 Å². The molecule has 4 N–H and O–H groups in total. The van der Waals surface area contributed by atoms with E-state index in [0.29, 0.717) is 17.4 Å². The van der Waals surface area contributed by atoms with E-state index in [1.165, 1.54) is 5.69 Å². The molecule has 0 aliphatic carbocycles. The molecule has 31 heavy (non-hydrogen) atoms. The molecule has 2 fully saturated rings. The molecule has 8 nitrogen and oxygen atoms in total. The van der Waals surface area contributed by atoms with Crippen LogP contribution < -0.4 is 26.0 Å². The largest absolute Gasteiger partial charge is 0.486 e. The fourth-order valence-corrected chi connectivity index (χ4v) is 3.63. The number of benzene rings is 2. The number of rotatable bonds is 6. The predicted octanol–water partition coefficient (Wildman–Crippen LogP) is 2.66. The van der Waals surface area contributed by atoms with E-state index in [-0.39, 0.29) is 6.10 Å². The van der Waals surface area contributed by atoms with E-state index >= 15 is 0 Å². The highest BCUT2D eigenvalue weighted by atomic mass is 16.5. The maximum atomic E-state index is 6.21. The zero-order valence-corrected chi connectivity index (χ0v) is 17.3. The third-order valence-electron chi connectivity index (χ3n) is 5.50. The topological polar surface area (TPSA) is 97.6 Å². The molecule has 3 heterocycles. The Bertz CT molecular complexity index is 1030. The molecular formula is C23H26N6O2. The standard InChI is InChI=1S/C23H26N6O2/c24-20-13-16(1-6-22(20)31-19-14-25-15-19)21-7-8-26-23(28-21)27-17-2-4-18(5-3-17)29-9-11-30-12-10-29/h1-8,13,19,25H,9-12,14-15,24H2,(H,26,27,28). The maximum absolute atomic E-state index is 6.21. The minimum Gasteiger partial charge on any atom is -0.486 e. The van der Waals surface area contributed by atoms with E-state index in [2.05, 4.69) is 37.6 Å². The lowest BCUT2D eigenvalue weighted by Gasteiger charge is -2.28. The fourth-order valence-electron chi connectivity index (χ4n) is 3.63. The summed E-state index contributed by atoms with van der Waals surface area (Å²) in [6.07, 6.45) is 1.94. The van der Waals surface area contributed by atoms with Crippen molar-refractivity contribution in [3.05, 3.63) is 54.7 Å². The van der Waals surface area contributed by atoms with Crippen LogP contribution >= 0.6 is 0 Å². The van der Waals surface area contributed by atoms with Gasteiger partial charge in [-0.05, 0) is 48.5 Å². The summed E-state index contributed by atoms with van der Waals surface area (Å²) in [4.78, 5) is 11.3. The lowest BCUT2D eigenvalue weighted by Crippen LogP contribution is -2.50. The highest BCUT2D eigenvalue weighted by molar-refractivity contribution is 5.69. The minimum absolute atomic E-state index is 0.192. The van der Waals surface area contributed by atoms with E-state index in [1.54, 1.807) is 6.20 Å². The number of nitrogens with two attached hydrogens (primary N) is 1. The predicted molar refractivity (Wildman–Crippen MR) is 122 cm³/mol. The van der Waals surface area contributed by atoms with Gasteiger partial charge in [0.05, 0.1) is 24.6 Å². The first kappa shape index (κ1) is 19.6. The number of hydrogen-bond acceptors (Lipinski definition) is 8. The van der Waals surface area contributed by atoms with Crippen molar-refractivity contribution < 1.29 is 9.47 Å². The number of aromatic nitrogens is 2. The van der Waals surface area contributed by atoms with Gasteiger partial charge in [0.2, 0.25) is 5.95 Å². The van der Waals surface area contributed by atoms with Gasteiger partial charge in [0.25, 0.3) is 0 Å². The van der Waals surface area contributed by atoms with Crippen LogP contribution in [0.2, 0.25) is 0 Å². The zero-order chi connectivity index (χ0) is 21.0. The van der Waals surface area contributed by atoms with Gasteiger partial charge < -0.3 is 30.7 Å². The highest BCUT2D eigenvalue weighted by Gasteiger charge is 2.19. The van der Waals surface area contributed by atoms with Crippen molar-refractivity contribution in [2.24, 2.45) is 0 Å². The molecule has 0 radical (unpaired) electrons. The van der Waals surface area contributed by atoms with Crippen LogP contribution in [0.15, 0.2) is 54.7 Å². The monoisotopic (exact) mass is 418 g/mol. The first-order chi connectivity index (χ1) is 15.2. The lowest BCUT2D eigenvalue weighted by atomic mass is 10.1. The molecule has 0 unspecified atom stereocenters. The van der Waals surface area contributed by atoms with Crippen LogP contribution in [-0.2, 0) is 4.74 Å². The van der Waals surface area contributed by atoms with Crippen molar-refractivity contribution >= 4 is 23.0 Å². The molecule has 0 bridgehead atoms. The number of nitrogens with zero attached hydrogens (tertiary/aromatic N) is 3. The number of ether oxygens (including phenoxy) is 2. The number of hydrogen-bond donors (Lipinski definition) is 3. The zero-order valence-electron chi connectivity index (χ0n) is 17.3. The summed E-state index contributed by atoms with van der Waals surface area (Å²) in [6.45, 7) is 5.10. The van der Waals surface area contributed by atoms with Gasteiger partial charge in [-0.15, -0.1) is 0 Å². The second kappa shape index (κ2) is 8.79. The van der Waals surface area contributed by atoms with Crippen LogP contribution in [0.4, 0.5) is 23.0 Å². The molecule has 3 aromatic rings. The average molecular weight is 419 g/mol. The smallest absolute Gasteiger partial charge is 0.227 e. The van der Waals surface area contributed by atoms with E-state index in [9.17, 15) is 0 Å². The van der Waals surface area contributed by atoms with Crippen LogP contribution in [0, 0.1) is 0 Å². The summed E-state index contributed by atoms with van der Waals surface area (Å²) >= 11 is 0. The van der Waals surface area contributed by atoms with Crippen molar-refractivity contribution in [1.29, 1.82) is 0 Å². The van der Waals surface area contributed by atoms with Gasteiger partial charge in [-0.3, -0.25) is 0 Å².